The zero-order valence-corrected chi connectivity index (χ0v) is 26.0. The van der Waals surface area contributed by atoms with Crippen LogP contribution in [-0.2, 0) is 25.0 Å². The van der Waals surface area contributed by atoms with Crippen LogP contribution in [-0.4, -0.2) is 53.6 Å². The number of hydrogen-bond acceptors (Lipinski definition) is 13. The van der Waals surface area contributed by atoms with E-state index >= 15 is 0 Å². The van der Waals surface area contributed by atoms with Crippen LogP contribution < -0.4 is 64.1 Å². The van der Waals surface area contributed by atoms with Gasteiger partial charge in [0.1, 0.15) is 31.7 Å². The fraction of sp³-hybridized carbons (Fsp3) is 0.100. The summed E-state index contributed by atoms with van der Waals surface area (Å²) in [7, 11) is -10.3. The number of nitrogens with zero attached hydrogens (tertiary/aromatic N) is 5. The molecule has 1 unspecified atom stereocenters. The zero-order chi connectivity index (χ0) is 27.3. The first-order valence-electron chi connectivity index (χ1n) is 9.94. The number of fused-ring (bicyclic) bond motifs is 1. The van der Waals surface area contributed by atoms with Crippen LogP contribution in [0.1, 0.15) is 6.92 Å². The van der Waals surface area contributed by atoms with E-state index in [0.29, 0.717) is 5.01 Å². The molecule has 1 aliphatic rings. The van der Waals surface area contributed by atoms with Crippen LogP contribution in [0.5, 0.6) is 5.75 Å². The Bertz CT molecular complexity index is 1780. The molecule has 1 aliphatic heterocycles. The third-order valence-corrected chi connectivity index (χ3v) is 7.00. The molecule has 0 aliphatic carbocycles. The van der Waals surface area contributed by atoms with Gasteiger partial charge >= 0.3 is 59.1 Å². The first kappa shape index (κ1) is 32.9. The standard InChI is InChI=1S/C20H15N5O10S2.2Na/c1-10-19(22-21-15-6-5-11(25(28)29)8-16(15)26)20(27)24(23-10)12-7-14-13(18(9-12)37(33,34)35)3-2-4-17(14)36(30,31)32;;/h2-9,19,26H,1H3,(H,30,31,32)(H,33,34,35);;/q;2*+1/p-2. The number of phenols is 1. The van der Waals surface area contributed by atoms with E-state index in [2.05, 4.69) is 15.3 Å². The smallest absolute Gasteiger partial charge is 0.744 e. The molecule has 1 atom stereocenters. The Morgan fingerprint density at radius 2 is 1.62 bits per heavy atom. The van der Waals surface area contributed by atoms with Crippen LogP contribution in [0.3, 0.4) is 0 Å². The van der Waals surface area contributed by atoms with Crippen molar-refractivity contribution in [3.05, 3.63) is 58.6 Å². The molecule has 1 N–H and O–H groups in total. The number of hydrogen-bond donors (Lipinski definition) is 1. The summed E-state index contributed by atoms with van der Waals surface area (Å²) in [6, 6.07) is 6.58. The first-order valence-corrected chi connectivity index (χ1v) is 12.8. The van der Waals surface area contributed by atoms with Crippen molar-refractivity contribution in [2.45, 2.75) is 22.8 Å². The molecule has 0 saturated carbocycles. The quantitative estimate of drug-likeness (QED) is 0.0960. The summed E-state index contributed by atoms with van der Waals surface area (Å²) in [5.74, 6) is -1.47. The molecule has 15 nitrogen and oxygen atoms in total. The van der Waals surface area contributed by atoms with Crippen molar-refractivity contribution in [3.63, 3.8) is 0 Å². The van der Waals surface area contributed by atoms with Crippen LogP contribution in [0, 0.1) is 10.1 Å². The van der Waals surface area contributed by atoms with Crippen molar-refractivity contribution in [1.29, 1.82) is 0 Å². The summed E-state index contributed by atoms with van der Waals surface area (Å²) in [6.45, 7) is 1.37. The van der Waals surface area contributed by atoms with Crippen LogP contribution in [0.4, 0.5) is 17.1 Å². The fourth-order valence-corrected chi connectivity index (χ4v) is 4.96. The van der Waals surface area contributed by atoms with E-state index in [-0.39, 0.29) is 81.6 Å². The van der Waals surface area contributed by atoms with E-state index in [1.165, 1.54) is 6.92 Å². The Labute approximate surface area is 264 Å². The minimum absolute atomic E-state index is 0. The molecular weight excluding hydrogens is 580 g/mol. The summed E-state index contributed by atoms with van der Waals surface area (Å²) < 4.78 is 71.0. The second kappa shape index (κ2) is 12.0. The molecule has 39 heavy (non-hydrogen) atoms. The molecule has 192 valence electrons. The van der Waals surface area contributed by atoms with Crippen LogP contribution in [0.15, 0.2) is 73.7 Å². The average molecular weight is 593 g/mol. The predicted molar refractivity (Wildman–Crippen MR) is 124 cm³/mol. The third-order valence-electron chi connectivity index (χ3n) is 5.23. The SMILES string of the molecule is CC1=NN(c2cc(S(=O)(=O)[O-])c3cccc(S(=O)(=O)[O-])c3c2)C(=O)C1N=Nc1ccc([N+](=O)[O-])cc1O.[Na+].[Na+]. The Kier molecular flexibility index (Phi) is 10.2. The summed E-state index contributed by atoms with van der Waals surface area (Å²) in [4.78, 5) is 21.4. The minimum Gasteiger partial charge on any atom is -0.744 e. The average Bonchev–Trinajstić information content (AvgIpc) is 3.08. The van der Waals surface area contributed by atoms with Crippen molar-refractivity contribution >= 4 is 59.7 Å². The number of nitro groups is 1. The number of amides is 1. The van der Waals surface area contributed by atoms with Crippen molar-refractivity contribution in [2.24, 2.45) is 15.3 Å². The molecule has 19 heteroatoms. The summed E-state index contributed by atoms with van der Waals surface area (Å²) >= 11 is 0. The molecule has 1 amide bonds. The van der Waals surface area contributed by atoms with Gasteiger partial charge in [-0.15, -0.1) is 0 Å². The number of carbonyl (C=O) groups excluding carboxylic acids is 1. The zero-order valence-electron chi connectivity index (χ0n) is 20.4. The Hall–Kier alpha value is -2.32. The summed E-state index contributed by atoms with van der Waals surface area (Å²) in [6.07, 6.45) is 0. The van der Waals surface area contributed by atoms with Crippen molar-refractivity contribution in [2.75, 3.05) is 5.01 Å². The van der Waals surface area contributed by atoms with Gasteiger partial charge in [-0.1, -0.05) is 12.1 Å². The van der Waals surface area contributed by atoms with Crippen LogP contribution in [0.2, 0.25) is 0 Å². The Morgan fingerprint density at radius 3 is 2.18 bits per heavy atom. The number of phenolic OH excluding ortho intramolecular Hbond substituents is 1. The van der Waals surface area contributed by atoms with Gasteiger partial charge in [0.2, 0.25) is 0 Å². The fourth-order valence-electron chi connectivity index (χ4n) is 3.56. The number of carbonyl (C=O) groups is 1. The number of non-ortho nitro benzene ring substituents is 1. The maximum Gasteiger partial charge on any atom is 1.00 e. The molecule has 0 aromatic heterocycles. The van der Waals surface area contributed by atoms with Gasteiger partial charge in [0, 0.05) is 16.8 Å². The van der Waals surface area contributed by atoms with Crippen LogP contribution in [0.25, 0.3) is 10.8 Å². The number of aromatic hydroxyl groups is 1. The third kappa shape index (κ3) is 6.71. The molecule has 0 fully saturated rings. The largest absolute Gasteiger partial charge is 1.00 e. The van der Waals surface area contributed by atoms with Crippen molar-refractivity contribution in [3.8, 4) is 5.75 Å². The number of nitro benzene ring substituents is 1. The molecular formula is C20H13N5Na2O10S2. The van der Waals surface area contributed by atoms with Gasteiger partial charge in [-0.25, -0.2) is 16.8 Å². The molecule has 3 aromatic rings. The Morgan fingerprint density at radius 1 is 0.974 bits per heavy atom. The number of azo groups is 1. The van der Waals surface area contributed by atoms with Crippen molar-refractivity contribution in [1.82, 2.24) is 0 Å². The van der Waals surface area contributed by atoms with E-state index in [1.807, 2.05) is 0 Å². The Balaban J connectivity index is 0.00000267. The van der Waals surface area contributed by atoms with Gasteiger partial charge in [-0.2, -0.15) is 20.3 Å². The number of benzene rings is 3. The van der Waals surface area contributed by atoms with E-state index in [9.17, 15) is 46.0 Å². The molecule has 0 saturated heterocycles. The van der Waals surface area contributed by atoms with Gasteiger partial charge in [0.15, 0.2) is 6.04 Å². The van der Waals surface area contributed by atoms with Gasteiger partial charge in [-0.05, 0) is 31.2 Å². The van der Waals surface area contributed by atoms with Gasteiger partial charge < -0.3 is 14.2 Å². The monoisotopic (exact) mass is 593 g/mol. The van der Waals surface area contributed by atoms with E-state index in [4.69, 9.17) is 0 Å². The van der Waals surface area contributed by atoms with Crippen molar-refractivity contribution < 1.29 is 99.9 Å². The maximum atomic E-state index is 13.0. The molecule has 3 aromatic carbocycles. The van der Waals surface area contributed by atoms with E-state index < -0.39 is 63.7 Å². The summed E-state index contributed by atoms with van der Waals surface area (Å²) in [5.41, 5.74) is -0.887. The second-order valence-electron chi connectivity index (χ2n) is 7.64. The normalized spacial score (nSPS) is 15.7. The topological polar surface area (TPSA) is 235 Å². The van der Waals surface area contributed by atoms with Crippen LogP contribution >= 0.6 is 0 Å². The minimum atomic E-state index is -5.20. The second-order valence-corrected chi connectivity index (χ2v) is 10.3. The maximum absolute atomic E-state index is 13.0. The number of anilines is 1. The summed E-state index contributed by atoms with van der Waals surface area (Å²) in [5, 5.41) is 32.2. The molecule has 0 bridgehead atoms. The van der Waals surface area contributed by atoms with Gasteiger partial charge in [-0.3, -0.25) is 14.9 Å². The first-order chi connectivity index (χ1) is 17.2. The number of rotatable bonds is 6. The molecule has 0 spiro atoms. The molecule has 4 rings (SSSR count). The molecule has 0 radical (unpaired) electrons. The van der Waals surface area contributed by atoms with Gasteiger partial charge in [0.05, 0.1) is 32.2 Å². The molecule has 1 heterocycles. The van der Waals surface area contributed by atoms with E-state index in [0.717, 1.165) is 48.5 Å². The van der Waals surface area contributed by atoms with E-state index in [1.54, 1.807) is 0 Å². The van der Waals surface area contributed by atoms with Gasteiger partial charge in [0.25, 0.3) is 11.6 Å². The predicted octanol–water partition coefficient (Wildman–Crippen LogP) is -3.86. The number of hydrazone groups is 1.